The number of hydrogen-bond donors (Lipinski definition) is 1. The Morgan fingerprint density at radius 1 is 1.05 bits per heavy atom. The van der Waals surface area contributed by atoms with Crippen molar-refractivity contribution < 1.29 is 14.7 Å². The lowest BCUT2D eigenvalue weighted by Gasteiger charge is -2.26. The minimum Gasteiger partial charge on any atom is -0.481 e. The number of hydrogen-bond acceptors (Lipinski definition) is 3. The smallest absolute Gasteiger partial charge is 0.307 e. The van der Waals surface area contributed by atoms with E-state index in [9.17, 15) is 14.7 Å². The second-order valence-electron chi connectivity index (χ2n) is 5.60. The molecule has 3 atom stereocenters. The van der Waals surface area contributed by atoms with Crippen molar-refractivity contribution in [2.24, 2.45) is 11.8 Å². The van der Waals surface area contributed by atoms with Gasteiger partial charge in [-0.1, -0.05) is 6.42 Å². The maximum absolute atomic E-state index is 12.5. The van der Waals surface area contributed by atoms with E-state index in [1.165, 1.54) is 0 Å². The van der Waals surface area contributed by atoms with Crippen molar-refractivity contribution in [2.75, 3.05) is 19.3 Å². The second-order valence-corrected chi connectivity index (χ2v) is 6.73. The van der Waals surface area contributed by atoms with Crippen LogP contribution in [0.25, 0.3) is 0 Å². The van der Waals surface area contributed by atoms with Crippen LogP contribution < -0.4 is 0 Å². The SMILES string of the molecule is CSC1CCCN(C(=O)[C@@H]2CCC[C@@H]2C(=O)O)CC1. The molecular formula is C14H23NO3S. The number of carbonyl (C=O) groups excluding carboxylic acids is 1. The van der Waals surface area contributed by atoms with Crippen LogP contribution in [0.15, 0.2) is 0 Å². The number of rotatable bonds is 3. The summed E-state index contributed by atoms with van der Waals surface area (Å²) >= 11 is 1.88. The number of carboxylic acid groups (broad SMARTS) is 1. The molecule has 1 amide bonds. The lowest BCUT2D eigenvalue weighted by Crippen LogP contribution is -2.39. The zero-order valence-corrected chi connectivity index (χ0v) is 12.3. The van der Waals surface area contributed by atoms with Crippen molar-refractivity contribution in [1.29, 1.82) is 0 Å². The number of aliphatic carboxylic acids is 1. The van der Waals surface area contributed by atoms with Crippen LogP contribution in [0.3, 0.4) is 0 Å². The minimum absolute atomic E-state index is 0.0895. The Labute approximate surface area is 118 Å². The Hall–Kier alpha value is -0.710. The number of likely N-dealkylation sites (tertiary alicyclic amines) is 1. The van der Waals surface area contributed by atoms with Crippen LogP contribution in [-0.4, -0.2) is 46.5 Å². The Kier molecular flexibility index (Phi) is 5.13. The van der Waals surface area contributed by atoms with Gasteiger partial charge in [0.15, 0.2) is 0 Å². The maximum atomic E-state index is 12.5. The number of carboxylic acids is 1. The fourth-order valence-electron chi connectivity index (χ4n) is 3.31. The highest BCUT2D eigenvalue weighted by Gasteiger charge is 2.39. The molecule has 19 heavy (non-hydrogen) atoms. The van der Waals surface area contributed by atoms with Crippen LogP contribution in [0.2, 0.25) is 0 Å². The average Bonchev–Trinajstić information content (AvgIpc) is 2.76. The van der Waals surface area contributed by atoms with E-state index < -0.39 is 11.9 Å². The van der Waals surface area contributed by atoms with Gasteiger partial charge in [0.2, 0.25) is 5.91 Å². The van der Waals surface area contributed by atoms with Gasteiger partial charge >= 0.3 is 5.97 Å². The summed E-state index contributed by atoms with van der Waals surface area (Å²) in [5.41, 5.74) is 0. The quantitative estimate of drug-likeness (QED) is 0.864. The van der Waals surface area contributed by atoms with Gasteiger partial charge in [-0.05, 0) is 38.4 Å². The molecule has 2 aliphatic rings. The Morgan fingerprint density at radius 2 is 1.79 bits per heavy atom. The lowest BCUT2D eigenvalue weighted by molar-refractivity contribution is -0.149. The predicted molar refractivity (Wildman–Crippen MR) is 76.2 cm³/mol. The van der Waals surface area contributed by atoms with Gasteiger partial charge in [0.25, 0.3) is 0 Å². The largest absolute Gasteiger partial charge is 0.481 e. The first kappa shape index (κ1) is 14.7. The molecule has 1 saturated heterocycles. The molecular weight excluding hydrogens is 262 g/mol. The molecule has 2 rings (SSSR count). The molecule has 0 bridgehead atoms. The Balaban J connectivity index is 1.97. The third kappa shape index (κ3) is 3.44. The molecule has 0 aromatic heterocycles. The topological polar surface area (TPSA) is 57.6 Å². The zero-order chi connectivity index (χ0) is 13.8. The van der Waals surface area contributed by atoms with Gasteiger partial charge in [-0.3, -0.25) is 9.59 Å². The summed E-state index contributed by atoms with van der Waals surface area (Å²) in [6.45, 7) is 1.60. The highest BCUT2D eigenvalue weighted by Crippen LogP contribution is 2.34. The van der Waals surface area contributed by atoms with Crippen LogP contribution in [0.4, 0.5) is 0 Å². The number of thioether (sulfide) groups is 1. The molecule has 1 heterocycles. The monoisotopic (exact) mass is 285 g/mol. The molecule has 0 spiro atoms. The summed E-state index contributed by atoms with van der Waals surface area (Å²) in [5, 5.41) is 9.84. The normalized spacial score (nSPS) is 32.1. The second kappa shape index (κ2) is 6.64. The average molecular weight is 285 g/mol. The van der Waals surface area contributed by atoms with Gasteiger partial charge in [-0.25, -0.2) is 0 Å². The first-order valence-electron chi connectivity index (χ1n) is 7.18. The van der Waals surface area contributed by atoms with Crippen LogP contribution in [0, 0.1) is 11.8 Å². The van der Waals surface area contributed by atoms with Gasteiger partial charge in [0, 0.05) is 18.3 Å². The zero-order valence-electron chi connectivity index (χ0n) is 11.5. The standard InChI is InChI=1S/C14H23NO3S/c1-19-10-4-3-8-15(9-7-10)13(16)11-5-2-6-12(11)14(17)18/h10-12H,2-9H2,1H3,(H,17,18)/t10?,11-,12+/m1/s1. The molecule has 1 aliphatic heterocycles. The van der Waals surface area contributed by atoms with Gasteiger partial charge < -0.3 is 10.0 Å². The summed E-state index contributed by atoms with van der Waals surface area (Å²) in [4.78, 5) is 25.6. The summed E-state index contributed by atoms with van der Waals surface area (Å²) < 4.78 is 0. The molecule has 2 fully saturated rings. The lowest BCUT2D eigenvalue weighted by atomic mass is 9.94. The van der Waals surface area contributed by atoms with E-state index >= 15 is 0 Å². The van der Waals surface area contributed by atoms with Gasteiger partial charge in [0.05, 0.1) is 11.8 Å². The van der Waals surface area contributed by atoms with E-state index in [2.05, 4.69) is 6.26 Å². The molecule has 1 N–H and O–H groups in total. The number of nitrogens with zero attached hydrogens (tertiary/aromatic N) is 1. The molecule has 0 radical (unpaired) electrons. The van der Waals surface area contributed by atoms with Crippen molar-refractivity contribution in [3.05, 3.63) is 0 Å². The van der Waals surface area contributed by atoms with Gasteiger partial charge in [0.1, 0.15) is 0 Å². The first-order chi connectivity index (χ1) is 9.13. The van der Waals surface area contributed by atoms with E-state index in [0.29, 0.717) is 11.7 Å². The Morgan fingerprint density at radius 3 is 2.47 bits per heavy atom. The summed E-state index contributed by atoms with van der Waals surface area (Å²) in [7, 11) is 0. The van der Waals surface area contributed by atoms with Crippen molar-refractivity contribution in [3.63, 3.8) is 0 Å². The van der Waals surface area contributed by atoms with Gasteiger partial charge in [-0.2, -0.15) is 11.8 Å². The molecule has 0 aromatic rings. The molecule has 108 valence electrons. The predicted octanol–water partition coefficient (Wildman–Crippen LogP) is 2.23. The molecule has 4 nitrogen and oxygen atoms in total. The Bertz CT molecular complexity index is 348. The minimum atomic E-state index is -0.798. The first-order valence-corrected chi connectivity index (χ1v) is 8.46. The summed E-state index contributed by atoms with van der Waals surface area (Å²) in [5.74, 6) is -1.44. The summed E-state index contributed by atoms with van der Waals surface area (Å²) in [6.07, 6.45) is 7.65. The van der Waals surface area contributed by atoms with Crippen LogP contribution in [0.5, 0.6) is 0 Å². The number of amides is 1. The summed E-state index contributed by atoms with van der Waals surface area (Å²) in [6, 6.07) is 0. The highest BCUT2D eigenvalue weighted by atomic mass is 32.2. The van der Waals surface area contributed by atoms with Crippen LogP contribution in [0.1, 0.15) is 38.5 Å². The van der Waals surface area contributed by atoms with Crippen molar-refractivity contribution in [2.45, 2.75) is 43.8 Å². The van der Waals surface area contributed by atoms with Crippen molar-refractivity contribution in [1.82, 2.24) is 4.90 Å². The molecule has 5 heteroatoms. The van der Waals surface area contributed by atoms with Gasteiger partial charge in [-0.15, -0.1) is 0 Å². The molecule has 1 aliphatic carbocycles. The van der Waals surface area contributed by atoms with E-state index in [0.717, 1.165) is 45.2 Å². The van der Waals surface area contributed by atoms with E-state index in [1.807, 2.05) is 16.7 Å². The number of carbonyl (C=O) groups is 2. The third-order valence-electron chi connectivity index (χ3n) is 4.47. The third-order valence-corrected chi connectivity index (χ3v) is 5.61. The fraction of sp³-hybridized carbons (Fsp3) is 0.857. The molecule has 1 unspecified atom stereocenters. The maximum Gasteiger partial charge on any atom is 0.307 e. The van der Waals surface area contributed by atoms with Crippen molar-refractivity contribution >= 4 is 23.6 Å². The van der Waals surface area contributed by atoms with E-state index in [4.69, 9.17) is 0 Å². The van der Waals surface area contributed by atoms with Crippen LogP contribution in [-0.2, 0) is 9.59 Å². The molecule has 1 saturated carbocycles. The highest BCUT2D eigenvalue weighted by molar-refractivity contribution is 7.99. The van der Waals surface area contributed by atoms with Crippen molar-refractivity contribution in [3.8, 4) is 0 Å². The molecule has 0 aromatic carbocycles. The van der Waals surface area contributed by atoms with E-state index in [1.54, 1.807) is 0 Å². The van der Waals surface area contributed by atoms with E-state index in [-0.39, 0.29) is 11.8 Å². The fourth-order valence-corrected chi connectivity index (χ4v) is 4.05. The van der Waals surface area contributed by atoms with Crippen LogP contribution >= 0.6 is 11.8 Å².